The van der Waals surface area contributed by atoms with Crippen LogP contribution < -0.4 is 11.1 Å². The Morgan fingerprint density at radius 3 is 2.94 bits per heavy atom. The average molecular weight is 248 g/mol. The zero-order valence-corrected chi connectivity index (χ0v) is 10.7. The van der Waals surface area contributed by atoms with Gasteiger partial charge in [-0.05, 0) is 37.1 Å². The minimum Gasteiger partial charge on any atom is -0.399 e. The van der Waals surface area contributed by atoms with Crippen LogP contribution in [0.1, 0.15) is 22.3 Å². The SMILES string of the molecule is C=CCCOCCNC(=O)c1ccc(N)c(C)c1. The van der Waals surface area contributed by atoms with Crippen molar-refractivity contribution in [2.75, 3.05) is 25.5 Å². The molecule has 0 bridgehead atoms. The Bertz CT molecular complexity index is 416. The summed E-state index contributed by atoms with van der Waals surface area (Å²) in [5.41, 5.74) is 7.92. The van der Waals surface area contributed by atoms with Crippen molar-refractivity contribution in [3.8, 4) is 0 Å². The minimum atomic E-state index is -0.106. The number of aryl methyl sites for hydroxylation is 1. The molecular formula is C14H20N2O2. The van der Waals surface area contributed by atoms with Crippen molar-refractivity contribution in [1.82, 2.24) is 5.32 Å². The van der Waals surface area contributed by atoms with Crippen LogP contribution in [0.5, 0.6) is 0 Å². The highest BCUT2D eigenvalue weighted by Crippen LogP contribution is 2.12. The first kappa shape index (κ1) is 14.3. The van der Waals surface area contributed by atoms with E-state index >= 15 is 0 Å². The standard InChI is InChI=1S/C14H20N2O2/c1-3-4-8-18-9-7-16-14(17)12-5-6-13(15)11(2)10-12/h3,5-6,10H,1,4,7-9,15H2,2H3,(H,16,17). The first-order valence-electron chi connectivity index (χ1n) is 5.98. The van der Waals surface area contributed by atoms with Gasteiger partial charge in [-0.25, -0.2) is 0 Å². The average Bonchev–Trinajstić information content (AvgIpc) is 2.36. The summed E-state index contributed by atoms with van der Waals surface area (Å²) in [6, 6.07) is 5.24. The number of ether oxygens (including phenoxy) is 1. The van der Waals surface area contributed by atoms with E-state index < -0.39 is 0 Å². The normalized spacial score (nSPS) is 10.1. The molecule has 1 amide bonds. The van der Waals surface area contributed by atoms with Gasteiger partial charge in [-0.1, -0.05) is 6.08 Å². The molecule has 0 aromatic heterocycles. The second-order valence-electron chi connectivity index (χ2n) is 4.02. The number of nitrogens with one attached hydrogen (secondary N) is 1. The van der Waals surface area contributed by atoms with Gasteiger partial charge in [0, 0.05) is 17.8 Å². The van der Waals surface area contributed by atoms with E-state index in [4.69, 9.17) is 10.5 Å². The molecule has 0 spiro atoms. The summed E-state index contributed by atoms with van der Waals surface area (Å²) in [6.45, 7) is 7.13. The van der Waals surface area contributed by atoms with Gasteiger partial charge in [0.2, 0.25) is 0 Å². The molecule has 0 saturated carbocycles. The lowest BCUT2D eigenvalue weighted by atomic mass is 10.1. The second-order valence-corrected chi connectivity index (χ2v) is 4.02. The van der Waals surface area contributed by atoms with Gasteiger partial charge in [-0.3, -0.25) is 4.79 Å². The van der Waals surface area contributed by atoms with Gasteiger partial charge in [0.15, 0.2) is 0 Å². The lowest BCUT2D eigenvalue weighted by Crippen LogP contribution is -2.27. The number of amides is 1. The predicted octanol–water partition coefficient (Wildman–Crippen LogP) is 1.90. The highest BCUT2D eigenvalue weighted by molar-refractivity contribution is 5.94. The van der Waals surface area contributed by atoms with Crippen molar-refractivity contribution in [2.45, 2.75) is 13.3 Å². The maximum Gasteiger partial charge on any atom is 0.251 e. The fourth-order valence-corrected chi connectivity index (χ4v) is 1.42. The third-order valence-corrected chi connectivity index (χ3v) is 2.53. The molecule has 0 aliphatic heterocycles. The summed E-state index contributed by atoms with van der Waals surface area (Å²) in [4.78, 5) is 11.8. The molecule has 4 nitrogen and oxygen atoms in total. The first-order valence-corrected chi connectivity index (χ1v) is 5.98. The van der Waals surface area contributed by atoms with Crippen LogP contribution in [-0.4, -0.2) is 25.7 Å². The van der Waals surface area contributed by atoms with Gasteiger partial charge < -0.3 is 15.8 Å². The monoisotopic (exact) mass is 248 g/mol. The highest BCUT2D eigenvalue weighted by Gasteiger charge is 2.05. The van der Waals surface area contributed by atoms with Crippen LogP contribution in [0.4, 0.5) is 5.69 Å². The summed E-state index contributed by atoms with van der Waals surface area (Å²) < 4.78 is 5.30. The van der Waals surface area contributed by atoms with Crippen molar-refractivity contribution in [3.05, 3.63) is 42.0 Å². The van der Waals surface area contributed by atoms with Crippen LogP contribution in [0.15, 0.2) is 30.9 Å². The van der Waals surface area contributed by atoms with Gasteiger partial charge in [0.05, 0.1) is 13.2 Å². The summed E-state index contributed by atoms with van der Waals surface area (Å²) in [7, 11) is 0. The van der Waals surface area contributed by atoms with Crippen molar-refractivity contribution in [2.24, 2.45) is 0 Å². The molecule has 4 heteroatoms. The smallest absolute Gasteiger partial charge is 0.251 e. The van der Waals surface area contributed by atoms with Crippen molar-refractivity contribution >= 4 is 11.6 Å². The van der Waals surface area contributed by atoms with E-state index in [1.807, 2.05) is 6.92 Å². The third kappa shape index (κ3) is 4.59. The first-order chi connectivity index (χ1) is 8.65. The van der Waals surface area contributed by atoms with Gasteiger partial charge in [-0.2, -0.15) is 0 Å². The number of rotatable bonds is 7. The van der Waals surface area contributed by atoms with Crippen LogP contribution in [0.2, 0.25) is 0 Å². The Balaban J connectivity index is 2.32. The van der Waals surface area contributed by atoms with E-state index in [1.165, 1.54) is 0 Å². The van der Waals surface area contributed by atoms with E-state index in [9.17, 15) is 4.79 Å². The number of hydrogen-bond donors (Lipinski definition) is 2. The zero-order chi connectivity index (χ0) is 13.4. The zero-order valence-electron chi connectivity index (χ0n) is 10.7. The van der Waals surface area contributed by atoms with E-state index in [2.05, 4.69) is 11.9 Å². The molecule has 1 aromatic rings. The van der Waals surface area contributed by atoms with Crippen LogP contribution in [0.3, 0.4) is 0 Å². The molecule has 0 aliphatic carbocycles. The van der Waals surface area contributed by atoms with Gasteiger partial charge >= 0.3 is 0 Å². The molecule has 1 rings (SSSR count). The number of nitrogens with two attached hydrogens (primary N) is 1. The van der Waals surface area contributed by atoms with E-state index in [1.54, 1.807) is 24.3 Å². The molecule has 0 radical (unpaired) electrons. The van der Waals surface area contributed by atoms with E-state index in [0.717, 1.165) is 12.0 Å². The topological polar surface area (TPSA) is 64.3 Å². The van der Waals surface area contributed by atoms with Gasteiger partial charge in [0.1, 0.15) is 0 Å². The minimum absolute atomic E-state index is 0.106. The number of anilines is 1. The molecule has 0 aliphatic rings. The fraction of sp³-hybridized carbons (Fsp3) is 0.357. The molecule has 3 N–H and O–H groups in total. The van der Waals surface area contributed by atoms with Crippen LogP contribution >= 0.6 is 0 Å². The van der Waals surface area contributed by atoms with Crippen molar-refractivity contribution in [3.63, 3.8) is 0 Å². The number of carbonyl (C=O) groups excluding carboxylic acids is 1. The molecule has 0 unspecified atom stereocenters. The lowest BCUT2D eigenvalue weighted by Gasteiger charge is -2.07. The molecule has 98 valence electrons. The number of hydrogen-bond acceptors (Lipinski definition) is 3. The van der Waals surface area contributed by atoms with Gasteiger partial charge in [-0.15, -0.1) is 6.58 Å². The second kappa shape index (κ2) is 7.50. The van der Waals surface area contributed by atoms with Crippen molar-refractivity contribution in [1.29, 1.82) is 0 Å². The molecule has 0 saturated heterocycles. The molecular weight excluding hydrogens is 228 g/mol. The van der Waals surface area contributed by atoms with Crippen LogP contribution in [0.25, 0.3) is 0 Å². The molecule has 0 fully saturated rings. The Morgan fingerprint density at radius 1 is 1.50 bits per heavy atom. The number of benzene rings is 1. The third-order valence-electron chi connectivity index (χ3n) is 2.53. The summed E-state index contributed by atoms with van der Waals surface area (Å²) in [6.07, 6.45) is 2.63. The van der Waals surface area contributed by atoms with Gasteiger partial charge in [0.25, 0.3) is 5.91 Å². The summed E-state index contributed by atoms with van der Waals surface area (Å²) in [5.74, 6) is -0.106. The Hall–Kier alpha value is -1.81. The van der Waals surface area contributed by atoms with Crippen LogP contribution in [0, 0.1) is 6.92 Å². The molecule has 0 atom stereocenters. The van der Waals surface area contributed by atoms with Crippen molar-refractivity contribution < 1.29 is 9.53 Å². The highest BCUT2D eigenvalue weighted by atomic mass is 16.5. The Morgan fingerprint density at radius 2 is 2.28 bits per heavy atom. The van der Waals surface area contributed by atoms with E-state index in [0.29, 0.717) is 31.0 Å². The summed E-state index contributed by atoms with van der Waals surface area (Å²) in [5, 5.41) is 2.79. The number of carbonyl (C=O) groups is 1. The molecule has 0 heterocycles. The number of nitrogen functional groups attached to an aromatic ring is 1. The Labute approximate surface area is 108 Å². The molecule has 1 aromatic carbocycles. The largest absolute Gasteiger partial charge is 0.399 e. The summed E-state index contributed by atoms with van der Waals surface area (Å²) >= 11 is 0. The maximum atomic E-state index is 11.8. The predicted molar refractivity (Wildman–Crippen MR) is 73.6 cm³/mol. The molecule has 18 heavy (non-hydrogen) atoms. The lowest BCUT2D eigenvalue weighted by molar-refractivity contribution is 0.0918. The van der Waals surface area contributed by atoms with E-state index in [-0.39, 0.29) is 5.91 Å². The Kier molecular flexibility index (Phi) is 5.94. The fourth-order valence-electron chi connectivity index (χ4n) is 1.42. The maximum absolute atomic E-state index is 11.8. The quantitative estimate of drug-likeness (QED) is 0.440. The van der Waals surface area contributed by atoms with Crippen LogP contribution in [-0.2, 0) is 4.74 Å².